The number of aliphatic hydroxyl groups is 2. The Hall–Kier alpha value is -1.27. The number of hydrazone groups is 1. The molecule has 0 unspecified atom stereocenters. The van der Waals surface area contributed by atoms with Gasteiger partial charge < -0.3 is 21.7 Å². The van der Waals surface area contributed by atoms with E-state index < -0.39 is 12.1 Å². The molecule has 0 aromatic rings. The van der Waals surface area contributed by atoms with Crippen LogP contribution in [0.3, 0.4) is 0 Å². The molecule has 0 aromatic carbocycles. The Balaban J connectivity index is 3.54. The standard InChI is InChI=1S/C19H40N4O2/c1-2-3-4-5-6-7-8-9-10-11-12-13-14-15-18(25)17(16-24)22-23-19(20)21/h14-15,17-18,22,24-25H,2-13,16H2,1H3,(H4,20,21,23)/b15-14+/t17-,18+/m0/s1. The van der Waals surface area contributed by atoms with E-state index in [-0.39, 0.29) is 12.6 Å². The second kappa shape index (κ2) is 17.5. The Morgan fingerprint density at radius 1 is 0.960 bits per heavy atom. The molecule has 0 saturated carbocycles. The lowest BCUT2D eigenvalue weighted by Gasteiger charge is -2.17. The second-order valence-corrected chi connectivity index (χ2v) is 6.70. The molecule has 0 amide bonds. The summed E-state index contributed by atoms with van der Waals surface area (Å²) in [6.45, 7) is 2.01. The maximum Gasteiger partial charge on any atom is 0.208 e. The smallest absolute Gasteiger partial charge is 0.208 e. The number of nitrogens with zero attached hydrogens (tertiary/aromatic N) is 1. The summed E-state index contributed by atoms with van der Waals surface area (Å²) in [5, 5.41) is 22.7. The molecule has 0 saturated heterocycles. The molecule has 0 heterocycles. The molecule has 0 aliphatic heterocycles. The van der Waals surface area contributed by atoms with Gasteiger partial charge in [0.1, 0.15) is 0 Å². The predicted molar refractivity (Wildman–Crippen MR) is 106 cm³/mol. The molecule has 0 radical (unpaired) electrons. The van der Waals surface area contributed by atoms with Crippen LogP contribution in [0.15, 0.2) is 17.3 Å². The third-order valence-corrected chi connectivity index (χ3v) is 4.28. The number of hydrogen-bond donors (Lipinski definition) is 5. The maximum atomic E-state index is 9.94. The van der Waals surface area contributed by atoms with Crippen molar-refractivity contribution in [3.63, 3.8) is 0 Å². The summed E-state index contributed by atoms with van der Waals surface area (Å²) in [6.07, 6.45) is 18.4. The van der Waals surface area contributed by atoms with Crippen molar-refractivity contribution >= 4 is 5.96 Å². The fourth-order valence-corrected chi connectivity index (χ4v) is 2.68. The lowest BCUT2D eigenvalue weighted by Crippen LogP contribution is -2.41. The number of rotatable bonds is 17. The number of nitrogens with two attached hydrogens (primary N) is 2. The minimum Gasteiger partial charge on any atom is -0.394 e. The van der Waals surface area contributed by atoms with E-state index in [1.54, 1.807) is 6.08 Å². The first-order chi connectivity index (χ1) is 12.1. The van der Waals surface area contributed by atoms with Crippen LogP contribution in [-0.4, -0.2) is 34.9 Å². The molecule has 0 aromatic heterocycles. The molecule has 25 heavy (non-hydrogen) atoms. The van der Waals surface area contributed by atoms with Gasteiger partial charge in [0.05, 0.1) is 18.8 Å². The van der Waals surface area contributed by atoms with Crippen molar-refractivity contribution in [3.8, 4) is 0 Å². The second-order valence-electron chi connectivity index (χ2n) is 6.70. The molecule has 6 nitrogen and oxygen atoms in total. The quantitative estimate of drug-likeness (QED) is 0.0903. The van der Waals surface area contributed by atoms with Gasteiger partial charge in [-0.25, -0.2) is 0 Å². The molecule has 7 N–H and O–H groups in total. The van der Waals surface area contributed by atoms with E-state index >= 15 is 0 Å². The highest BCUT2D eigenvalue weighted by Crippen LogP contribution is 2.12. The molecule has 6 heteroatoms. The minimum atomic E-state index is -0.819. The van der Waals surface area contributed by atoms with E-state index in [4.69, 9.17) is 11.5 Å². The first-order valence-corrected chi connectivity index (χ1v) is 9.91. The minimum absolute atomic E-state index is 0.129. The van der Waals surface area contributed by atoms with Gasteiger partial charge in [0, 0.05) is 0 Å². The Morgan fingerprint density at radius 3 is 1.96 bits per heavy atom. The van der Waals surface area contributed by atoms with Crippen LogP contribution in [0.25, 0.3) is 0 Å². The predicted octanol–water partition coefficient (Wildman–Crippen LogP) is 2.74. The Kier molecular flexibility index (Phi) is 16.7. The largest absolute Gasteiger partial charge is 0.394 e. The maximum absolute atomic E-state index is 9.94. The Morgan fingerprint density at radius 2 is 1.48 bits per heavy atom. The average molecular weight is 357 g/mol. The van der Waals surface area contributed by atoms with Crippen molar-refractivity contribution in [2.45, 2.75) is 96.1 Å². The Bertz CT molecular complexity index is 344. The highest BCUT2D eigenvalue weighted by molar-refractivity contribution is 5.75. The van der Waals surface area contributed by atoms with Crippen LogP contribution in [0.4, 0.5) is 0 Å². The number of nitrogens with one attached hydrogen (secondary N) is 1. The summed E-state index contributed by atoms with van der Waals surface area (Å²) in [5.74, 6) is -0.129. The van der Waals surface area contributed by atoms with E-state index in [0.717, 1.165) is 12.8 Å². The van der Waals surface area contributed by atoms with Crippen molar-refractivity contribution in [1.29, 1.82) is 0 Å². The molecule has 0 bridgehead atoms. The van der Waals surface area contributed by atoms with Gasteiger partial charge in [-0.15, -0.1) is 5.10 Å². The molecule has 0 fully saturated rings. The van der Waals surface area contributed by atoms with Gasteiger partial charge in [-0.05, 0) is 12.8 Å². The van der Waals surface area contributed by atoms with Gasteiger partial charge in [-0.3, -0.25) is 5.43 Å². The molecule has 2 atom stereocenters. The SMILES string of the molecule is CCCCCCCCCCCCC/C=C/[C@@H](O)[C@H](CO)NN=C(N)N. The average Bonchev–Trinajstić information content (AvgIpc) is 2.59. The molecule has 0 rings (SSSR count). The van der Waals surface area contributed by atoms with Crippen molar-refractivity contribution in [2.24, 2.45) is 16.6 Å². The van der Waals surface area contributed by atoms with Crippen molar-refractivity contribution in [2.75, 3.05) is 6.61 Å². The third kappa shape index (κ3) is 16.0. The Labute approximate surface area is 153 Å². The van der Waals surface area contributed by atoms with Gasteiger partial charge in [0.2, 0.25) is 5.96 Å². The summed E-state index contributed by atoms with van der Waals surface area (Å²) in [4.78, 5) is 0. The first-order valence-electron chi connectivity index (χ1n) is 9.91. The summed E-state index contributed by atoms with van der Waals surface area (Å²) in [6, 6.07) is -0.601. The normalized spacial score (nSPS) is 13.7. The van der Waals surface area contributed by atoms with E-state index in [1.165, 1.54) is 64.2 Å². The fraction of sp³-hybridized carbons (Fsp3) is 0.842. The number of allylic oxidation sites excluding steroid dienone is 1. The number of hydrogen-bond acceptors (Lipinski definition) is 4. The first kappa shape index (κ1) is 23.7. The molecule has 0 aliphatic rings. The fourth-order valence-electron chi connectivity index (χ4n) is 2.68. The van der Waals surface area contributed by atoms with Gasteiger partial charge in [-0.2, -0.15) is 0 Å². The van der Waals surface area contributed by atoms with E-state index in [0.29, 0.717) is 0 Å². The van der Waals surface area contributed by atoms with E-state index in [1.807, 2.05) is 6.08 Å². The highest BCUT2D eigenvalue weighted by Gasteiger charge is 2.14. The van der Waals surface area contributed by atoms with Gasteiger partial charge in [0.15, 0.2) is 0 Å². The van der Waals surface area contributed by atoms with Gasteiger partial charge in [0.25, 0.3) is 0 Å². The van der Waals surface area contributed by atoms with Crippen LogP contribution < -0.4 is 16.9 Å². The van der Waals surface area contributed by atoms with Crippen LogP contribution in [0.5, 0.6) is 0 Å². The van der Waals surface area contributed by atoms with Crippen LogP contribution in [0.1, 0.15) is 84.0 Å². The highest BCUT2D eigenvalue weighted by atomic mass is 16.3. The van der Waals surface area contributed by atoms with E-state index in [2.05, 4.69) is 17.5 Å². The molecule has 0 aliphatic carbocycles. The van der Waals surface area contributed by atoms with Crippen LogP contribution in [0, 0.1) is 0 Å². The zero-order chi connectivity index (χ0) is 18.8. The zero-order valence-electron chi connectivity index (χ0n) is 16.0. The van der Waals surface area contributed by atoms with Crippen molar-refractivity contribution in [3.05, 3.63) is 12.2 Å². The zero-order valence-corrected chi connectivity index (χ0v) is 16.0. The third-order valence-electron chi connectivity index (χ3n) is 4.28. The summed E-state index contributed by atoms with van der Waals surface area (Å²) < 4.78 is 0. The molecular weight excluding hydrogens is 316 g/mol. The van der Waals surface area contributed by atoms with Crippen LogP contribution in [0.2, 0.25) is 0 Å². The van der Waals surface area contributed by atoms with Crippen LogP contribution in [-0.2, 0) is 0 Å². The number of unbranched alkanes of at least 4 members (excludes halogenated alkanes) is 11. The summed E-state index contributed by atoms with van der Waals surface area (Å²) in [5.41, 5.74) is 13.0. The number of guanidine groups is 1. The van der Waals surface area contributed by atoms with Gasteiger partial charge >= 0.3 is 0 Å². The summed E-state index contributed by atoms with van der Waals surface area (Å²) in [7, 11) is 0. The molecule has 148 valence electrons. The lowest BCUT2D eigenvalue weighted by molar-refractivity contribution is 0.124. The van der Waals surface area contributed by atoms with Crippen LogP contribution >= 0.6 is 0 Å². The van der Waals surface area contributed by atoms with Crippen molar-refractivity contribution in [1.82, 2.24) is 5.43 Å². The monoisotopic (exact) mass is 356 g/mol. The lowest BCUT2D eigenvalue weighted by atomic mass is 10.0. The van der Waals surface area contributed by atoms with Crippen molar-refractivity contribution < 1.29 is 10.2 Å². The topological polar surface area (TPSA) is 117 Å². The van der Waals surface area contributed by atoms with E-state index in [9.17, 15) is 10.2 Å². The van der Waals surface area contributed by atoms with Gasteiger partial charge in [-0.1, -0.05) is 83.3 Å². The summed E-state index contributed by atoms with van der Waals surface area (Å²) >= 11 is 0. The molecule has 0 spiro atoms. The number of aliphatic hydroxyl groups excluding tert-OH is 2. The molecular formula is C19H40N4O2.